The average molecular weight is 481 g/mol. The molecule has 0 fully saturated rings. The molecule has 0 N–H and O–H groups in total. The molecule has 0 aliphatic heterocycles. The Morgan fingerprint density at radius 1 is 1.25 bits per heavy atom. The number of hydrogen-bond donors (Lipinski definition) is 0. The summed E-state index contributed by atoms with van der Waals surface area (Å²) in [4.78, 5) is 35.1. The number of aromatic nitrogens is 3. The maximum Gasteiger partial charge on any atom is 0.266 e. The second-order valence-electron chi connectivity index (χ2n) is 7.18. The molecule has 9 heteroatoms. The van der Waals surface area contributed by atoms with Crippen LogP contribution in [0.2, 0.25) is 5.02 Å². The van der Waals surface area contributed by atoms with Gasteiger partial charge in [0.2, 0.25) is 0 Å². The zero-order chi connectivity index (χ0) is 22.8. The molecule has 6 nitrogen and oxygen atoms in total. The standard InChI is InChI=1S/C23H17ClN4O2S2/c1-13-4-3-5-16(8-13)28-22(30)17-7-6-15(24)9-19(17)27-23(28)32-12-20(29)18(10-25)21-26-14(2)11-31-21/h3-9,11,18H,12H2,1-2H3. The first kappa shape index (κ1) is 22.2. The second kappa shape index (κ2) is 9.25. The summed E-state index contributed by atoms with van der Waals surface area (Å²) in [5, 5.41) is 13.1. The molecule has 0 aliphatic carbocycles. The molecule has 1 atom stereocenters. The Kier molecular flexibility index (Phi) is 6.42. The summed E-state index contributed by atoms with van der Waals surface area (Å²) < 4.78 is 1.50. The Bertz CT molecular complexity index is 1440. The van der Waals surface area contributed by atoms with E-state index in [9.17, 15) is 14.9 Å². The summed E-state index contributed by atoms with van der Waals surface area (Å²) in [6.45, 7) is 3.75. The van der Waals surface area contributed by atoms with Gasteiger partial charge in [0, 0.05) is 16.1 Å². The molecule has 0 spiro atoms. The molecule has 2 aromatic carbocycles. The van der Waals surface area contributed by atoms with Crippen molar-refractivity contribution in [3.8, 4) is 11.8 Å². The number of aryl methyl sites for hydroxylation is 2. The molecule has 0 radical (unpaired) electrons. The normalized spacial score (nSPS) is 11.9. The number of ketones is 1. The summed E-state index contributed by atoms with van der Waals surface area (Å²) in [6, 6.07) is 14.5. The lowest BCUT2D eigenvalue weighted by molar-refractivity contribution is -0.116. The number of fused-ring (bicyclic) bond motifs is 1. The van der Waals surface area contributed by atoms with Crippen LogP contribution in [-0.4, -0.2) is 26.1 Å². The smallest absolute Gasteiger partial charge is 0.266 e. The van der Waals surface area contributed by atoms with Gasteiger partial charge < -0.3 is 0 Å². The van der Waals surface area contributed by atoms with Crippen LogP contribution in [0.25, 0.3) is 16.6 Å². The molecule has 4 aromatic rings. The molecular weight excluding hydrogens is 464 g/mol. The summed E-state index contributed by atoms with van der Waals surface area (Å²) in [6.07, 6.45) is 0. The van der Waals surface area contributed by atoms with Crippen molar-refractivity contribution >= 4 is 51.4 Å². The maximum atomic E-state index is 13.4. The van der Waals surface area contributed by atoms with E-state index in [-0.39, 0.29) is 17.1 Å². The van der Waals surface area contributed by atoms with Crippen LogP contribution in [0.5, 0.6) is 0 Å². The number of hydrogen-bond acceptors (Lipinski definition) is 7. The zero-order valence-electron chi connectivity index (χ0n) is 17.2. The topological polar surface area (TPSA) is 88.6 Å². The van der Waals surface area contributed by atoms with E-state index in [1.165, 1.54) is 15.9 Å². The summed E-state index contributed by atoms with van der Waals surface area (Å²) >= 11 is 8.52. The molecule has 2 heterocycles. The SMILES string of the molecule is Cc1cccc(-n2c(SCC(=O)C(C#N)c3nc(C)cs3)nc3cc(Cl)ccc3c2=O)c1. The Morgan fingerprint density at radius 3 is 2.75 bits per heavy atom. The second-order valence-corrected chi connectivity index (χ2v) is 9.45. The number of nitriles is 1. The first-order valence-corrected chi connectivity index (χ1v) is 11.9. The molecule has 1 unspecified atom stereocenters. The summed E-state index contributed by atoms with van der Waals surface area (Å²) in [5.41, 5.74) is 2.61. The Morgan fingerprint density at radius 2 is 2.06 bits per heavy atom. The number of nitrogens with zero attached hydrogens (tertiary/aromatic N) is 4. The lowest BCUT2D eigenvalue weighted by atomic mass is 10.1. The van der Waals surface area contributed by atoms with Crippen LogP contribution in [0.15, 0.2) is 57.8 Å². The Balaban J connectivity index is 1.75. The van der Waals surface area contributed by atoms with Crippen molar-refractivity contribution in [2.75, 3.05) is 5.75 Å². The van der Waals surface area contributed by atoms with Gasteiger partial charge in [-0.3, -0.25) is 14.2 Å². The van der Waals surface area contributed by atoms with E-state index in [0.717, 1.165) is 23.0 Å². The predicted molar refractivity (Wildman–Crippen MR) is 128 cm³/mol. The van der Waals surface area contributed by atoms with Crippen molar-refractivity contribution in [1.29, 1.82) is 5.26 Å². The minimum Gasteiger partial charge on any atom is -0.297 e. The number of carbonyl (C=O) groups is 1. The molecule has 0 saturated heterocycles. The third-order valence-corrected chi connectivity index (χ3v) is 6.96. The van der Waals surface area contributed by atoms with Gasteiger partial charge in [0.1, 0.15) is 5.01 Å². The van der Waals surface area contributed by atoms with Crippen LogP contribution < -0.4 is 5.56 Å². The van der Waals surface area contributed by atoms with E-state index in [2.05, 4.69) is 9.97 Å². The van der Waals surface area contributed by atoms with Crippen molar-refractivity contribution in [2.45, 2.75) is 24.9 Å². The fourth-order valence-electron chi connectivity index (χ4n) is 3.22. The number of thiazole rings is 1. The quantitative estimate of drug-likeness (QED) is 0.282. The van der Waals surface area contributed by atoms with Crippen LogP contribution in [0.4, 0.5) is 0 Å². The van der Waals surface area contributed by atoms with Crippen molar-refractivity contribution in [3.63, 3.8) is 0 Å². The van der Waals surface area contributed by atoms with Crippen LogP contribution in [0.1, 0.15) is 22.2 Å². The van der Waals surface area contributed by atoms with Gasteiger partial charge in [-0.15, -0.1) is 11.3 Å². The van der Waals surface area contributed by atoms with Gasteiger partial charge in [0.05, 0.1) is 28.4 Å². The molecule has 4 rings (SSSR count). The maximum absolute atomic E-state index is 13.4. The van der Waals surface area contributed by atoms with E-state index in [4.69, 9.17) is 11.6 Å². The minimum absolute atomic E-state index is 0.0266. The van der Waals surface area contributed by atoms with E-state index in [0.29, 0.717) is 31.8 Å². The molecule has 32 heavy (non-hydrogen) atoms. The monoisotopic (exact) mass is 480 g/mol. The van der Waals surface area contributed by atoms with E-state index >= 15 is 0 Å². The summed E-state index contributed by atoms with van der Waals surface area (Å²) in [7, 11) is 0. The van der Waals surface area contributed by atoms with Gasteiger partial charge in [-0.25, -0.2) is 9.97 Å². The largest absolute Gasteiger partial charge is 0.297 e. The van der Waals surface area contributed by atoms with E-state index in [1.54, 1.807) is 18.2 Å². The lowest BCUT2D eigenvalue weighted by Crippen LogP contribution is -2.22. The minimum atomic E-state index is -0.949. The van der Waals surface area contributed by atoms with Crippen LogP contribution >= 0.6 is 34.7 Å². The fraction of sp³-hybridized carbons (Fsp3) is 0.174. The van der Waals surface area contributed by atoms with Crippen molar-refractivity contribution < 1.29 is 4.79 Å². The molecule has 0 saturated carbocycles. The highest BCUT2D eigenvalue weighted by Gasteiger charge is 2.24. The first-order chi connectivity index (χ1) is 15.4. The highest BCUT2D eigenvalue weighted by molar-refractivity contribution is 7.99. The number of rotatable bonds is 6. The van der Waals surface area contributed by atoms with Gasteiger partial charge in [-0.05, 0) is 49.7 Å². The molecule has 0 aliphatic rings. The van der Waals surface area contributed by atoms with Gasteiger partial charge in [-0.1, -0.05) is 35.5 Å². The number of Topliss-reactive ketones (excluding diaryl/α,β-unsaturated/α-hetero) is 1. The summed E-state index contributed by atoms with van der Waals surface area (Å²) in [5.74, 6) is -1.26. The van der Waals surface area contributed by atoms with Gasteiger partial charge in [0.25, 0.3) is 5.56 Å². The van der Waals surface area contributed by atoms with Gasteiger partial charge in [0.15, 0.2) is 16.9 Å². The third kappa shape index (κ3) is 4.46. The number of thioether (sulfide) groups is 1. The van der Waals surface area contributed by atoms with Crippen LogP contribution in [0.3, 0.4) is 0 Å². The molecule has 0 amide bonds. The van der Waals surface area contributed by atoms with Crippen molar-refractivity contribution in [1.82, 2.24) is 14.5 Å². The van der Waals surface area contributed by atoms with Gasteiger partial charge >= 0.3 is 0 Å². The fourth-order valence-corrected chi connectivity index (χ4v) is 5.16. The molecule has 0 bridgehead atoms. The number of halogens is 1. The molecular formula is C23H17ClN4O2S2. The van der Waals surface area contributed by atoms with Crippen molar-refractivity contribution in [3.05, 3.63) is 79.5 Å². The number of carbonyl (C=O) groups excluding carboxylic acids is 1. The Hall–Kier alpha value is -2.99. The predicted octanol–water partition coefficient (Wildman–Crippen LogP) is 5.08. The average Bonchev–Trinajstić information content (AvgIpc) is 3.18. The third-order valence-electron chi connectivity index (χ3n) is 4.74. The lowest BCUT2D eigenvalue weighted by Gasteiger charge is -2.14. The van der Waals surface area contributed by atoms with E-state index < -0.39 is 5.92 Å². The van der Waals surface area contributed by atoms with Gasteiger partial charge in [-0.2, -0.15) is 5.26 Å². The zero-order valence-corrected chi connectivity index (χ0v) is 19.6. The van der Waals surface area contributed by atoms with Crippen LogP contribution in [0, 0.1) is 25.2 Å². The Labute approximate surface area is 197 Å². The number of benzene rings is 2. The first-order valence-electron chi connectivity index (χ1n) is 9.64. The highest BCUT2D eigenvalue weighted by Crippen LogP contribution is 2.27. The van der Waals surface area contributed by atoms with Crippen LogP contribution in [-0.2, 0) is 4.79 Å². The molecule has 2 aromatic heterocycles. The molecule has 160 valence electrons. The highest BCUT2D eigenvalue weighted by atomic mass is 35.5. The van der Waals surface area contributed by atoms with Crippen molar-refractivity contribution in [2.24, 2.45) is 0 Å². The van der Waals surface area contributed by atoms with E-state index in [1.807, 2.05) is 49.6 Å².